The molecule has 4 nitrogen and oxygen atoms in total. The molecule has 1 rings (SSSR count). The lowest BCUT2D eigenvalue weighted by Gasteiger charge is -2.05. The van der Waals surface area contributed by atoms with Gasteiger partial charge in [-0.1, -0.05) is 13.3 Å². The summed E-state index contributed by atoms with van der Waals surface area (Å²) in [4.78, 5) is 11.2. The van der Waals surface area contributed by atoms with Gasteiger partial charge in [0.2, 0.25) is 0 Å². The molecule has 0 aromatic carbocycles. The molecule has 0 spiro atoms. The van der Waals surface area contributed by atoms with Crippen molar-refractivity contribution >= 4 is 6.03 Å². The minimum absolute atomic E-state index is 0.0953. The standard InChI is InChI=1S/C10H20N2O2/c1-2-4-8-7-9(8)12-10(14)11-5-3-6-13/h8-9,13H,2-7H2,1H3,(H2,11,12,14). The molecule has 1 saturated carbocycles. The summed E-state index contributed by atoms with van der Waals surface area (Å²) in [6.45, 7) is 2.84. The van der Waals surface area contributed by atoms with E-state index in [2.05, 4.69) is 17.6 Å². The van der Waals surface area contributed by atoms with Crippen LogP contribution in [-0.2, 0) is 0 Å². The average molecular weight is 200 g/mol. The Morgan fingerprint density at radius 3 is 3.00 bits per heavy atom. The number of rotatable bonds is 6. The highest BCUT2D eigenvalue weighted by Crippen LogP contribution is 2.34. The molecule has 3 N–H and O–H groups in total. The van der Waals surface area contributed by atoms with Gasteiger partial charge in [0, 0.05) is 19.2 Å². The van der Waals surface area contributed by atoms with Crippen molar-refractivity contribution < 1.29 is 9.90 Å². The van der Waals surface area contributed by atoms with Crippen LogP contribution in [0.3, 0.4) is 0 Å². The summed E-state index contributed by atoms with van der Waals surface area (Å²) >= 11 is 0. The molecule has 2 amide bonds. The maximum atomic E-state index is 11.2. The predicted octanol–water partition coefficient (Wildman–Crippen LogP) is 0.857. The lowest BCUT2D eigenvalue weighted by atomic mass is 10.2. The number of aliphatic hydroxyl groups excluding tert-OH is 1. The van der Waals surface area contributed by atoms with Gasteiger partial charge in [0.1, 0.15) is 0 Å². The van der Waals surface area contributed by atoms with Gasteiger partial charge in [0.05, 0.1) is 0 Å². The van der Waals surface area contributed by atoms with Crippen LogP contribution in [-0.4, -0.2) is 30.3 Å². The van der Waals surface area contributed by atoms with Gasteiger partial charge in [0.25, 0.3) is 0 Å². The van der Waals surface area contributed by atoms with Gasteiger partial charge in [-0.3, -0.25) is 0 Å². The van der Waals surface area contributed by atoms with Crippen LogP contribution in [0, 0.1) is 5.92 Å². The summed E-state index contributed by atoms with van der Waals surface area (Å²) in [7, 11) is 0. The van der Waals surface area contributed by atoms with Crippen LogP contribution >= 0.6 is 0 Å². The number of amides is 2. The van der Waals surface area contributed by atoms with Crippen molar-refractivity contribution in [1.82, 2.24) is 10.6 Å². The zero-order valence-corrected chi connectivity index (χ0v) is 8.75. The zero-order chi connectivity index (χ0) is 10.4. The largest absolute Gasteiger partial charge is 0.396 e. The minimum atomic E-state index is -0.0953. The molecule has 14 heavy (non-hydrogen) atoms. The highest BCUT2D eigenvalue weighted by atomic mass is 16.3. The first kappa shape index (κ1) is 11.3. The molecule has 0 aromatic heterocycles. The predicted molar refractivity (Wildman–Crippen MR) is 55.0 cm³/mol. The van der Waals surface area contributed by atoms with Crippen molar-refractivity contribution in [2.24, 2.45) is 5.92 Å². The van der Waals surface area contributed by atoms with E-state index in [0.717, 1.165) is 6.42 Å². The molecule has 1 aliphatic carbocycles. The van der Waals surface area contributed by atoms with E-state index in [9.17, 15) is 4.79 Å². The van der Waals surface area contributed by atoms with E-state index in [1.165, 1.54) is 12.8 Å². The Balaban J connectivity index is 1.99. The number of carbonyl (C=O) groups excluding carboxylic acids is 1. The maximum absolute atomic E-state index is 11.2. The van der Waals surface area contributed by atoms with E-state index in [0.29, 0.717) is 24.9 Å². The number of hydrogen-bond acceptors (Lipinski definition) is 2. The Kier molecular flexibility index (Phi) is 4.73. The second kappa shape index (κ2) is 5.86. The number of carbonyl (C=O) groups is 1. The van der Waals surface area contributed by atoms with Crippen LogP contribution in [0.2, 0.25) is 0 Å². The van der Waals surface area contributed by atoms with E-state index in [-0.39, 0.29) is 12.6 Å². The first-order valence-electron chi connectivity index (χ1n) is 5.43. The van der Waals surface area contributed by atoms with Crippen LogP contribution in [0.25, 0.3) is 0 Å². The average Bonchev–Trinajstić information content (AvgIpc) is 2.85. The number of nitrogens with one attached hydrogen (secondary N) is 2. The van der Waals surface area contributed by atoms with E-state index >= 15 is 0 Å². The Bertz CT molecular complexity index is 185. The van der Waals surface area contributed by atoms with E-state index < -0.39 is 0 Å². The fourth-order valence-electron chi connectivity index (χ4n) is 1.61. The van der Waals surface area contributed by atoms with Gasteiger partial charge in [0.15, 0.2) is 0 Å². The molecular formula is C10H20N2O2. The van der Waals surface area contributed by atoms with Crippen molar-refractivity contribution in [1.29, 1.82) is 0 Å². The van der Waals surface area contributed by atoms with Crippen molar-refractivity contribution in [3.05, 3.63) is 0 Å². The number of hydrogen-bond donors (Lipinski definition) is 3. The Hall–Kier alpha value is -0.770. The lowest BCUT2D eigenvalue weighted by molar-refractivity contribution is 0.237. The Labute approximate surface area is 85.1 Å². The lowest BCUT2D eigenvalue weighted by Crippen LogP contribution is -2.38. The molecule has 82 valence electrons. The summed E-state index contributed by atoms with van der Waals surface area (Å²) < 4.78 is 0. The normalized spacial score (nSPS) is 24.4. The highest BCUT2D eigenvalue weighted by molar-refractivity contribution is 5.74. The summed E-state index contributed by atoms with van der Waals surface area (Å²) in [5.74, 6) is 0.698. The third-order valence-electron chi connectivity index (χ3n) is 2.52. The van der Waals surface area contributed by atoms with Gasteiger partial charge in [-0.05, 0) is 25.2 Å². The molecular weight excluding hydrogens is 180 g/mol. The molecule has 0 saturated heterocycles. The van der Waals surface area contributed by atoms with Crippen LogP contribution in [0.15, 0.2) is 0 Å². The van der Waals surface area contributed by atoms with Gasteiger partial charge in [-0.25, -0.2) is 4.79 Å². The second-order valence-corrected chi connectivity index (χ2v) is 3.87. The van der Waals surface area contributed by atoms with Gasteiger partial charge in [-0.15, -0.1) is 0 Å². The van der Waals surface area contributed by atoms with Gasteiger partial charge < -0.3 is 15.7 Å². The van der Waals surface area contributed by atoms with Crippen LogP contribution in [0.1, 0.15) is 32.6 Å². The second-order valence-electron chi connectivity index (χ2n) is 3.87. The van der Waals surface area contributed by atoms with Crippen LogP contribution in [0.5, 0.6) is 0 Å². The van der Waals surface area contributed by atoms with Crippen molar-refractivity contribution in [3.63, 3.8) is 0 Å². The first-order valence-corrected chi connectivity index (χ1v) is 5.43. The molecule has 0 heterocycles. The number of urea groups is 1. The Morgan fingerprint density at radius 2 is 2.36 bits per heavy atom. The quantitative estimate of drug-likeness (QED) is 0.557. The highest BCUT2D eigenvalue weighted by Gasteiger charge is 2.36. The maximum Gasteiger partial charge on any atom is 0.315 e. The van der Waals surface area contributed by atoms with Crippen molar-refractivity contribution in [3.8, 4) is 0 Å². The van der Waals surface area contributed by atoms with Gasteiger partial charge >= 0.3 is 6.03 Å². The topological polar surface area (TPSA) is 61.4 Å². The summed E-state index contributed by atoms with van der Waals surface area (Å²) in [6.07, 6.45) is 4.15. The summed E-state index contributed by atoms with van der Waals surface area (Å²) in [5, 5.41) is 14.1. The summed E-state index contributed by atoms with van der Waals surface area (Å²) in [6, 6.07) is 0.297. The van der Waals surface area contributed by atoms with Crippen LogP contribution in [0.4, 0.5) is 4.79 Å². The van der Waals surface area contributed by atoms with E-state index in [4.69, 9.17) is 5.11 Å². The SMILES string of the molecule is CCCC1CC1NC(=O)NCCCO. The first-order chi connectivity index (χ1) is 6.77. The summed E-state index contributed by atoms with van der Waals surface area (Å²) in [5.41, 5.74) is 0. The molecule has 0 bridgehead atoms. The molecule has 0 radical (unpaired) electrons. The van der Waals surface area contributed by atoms with Gasteiger partial charge in [-0.2, -0.15) is 0 Å². The van der Waals surface area contributed by atoms with E-state index in [1.807, 2.05) is 0 Å². The molecule has 2 unspecified atom stereocenters. The van der Waals surface area contributed by atoms with Crippen molar-refractivity contribution in [2.75, 3.05) is 13.2 Å². The molecule has 0 aliphatic heterocycles. The molecule has 1 fully saturated rings. The monoisotopic (exact) mass is 200 g/mol. The third-order valence-corrected chi connectivity index (χ3v) is 2.52. The van der Waals surface area contributed by atoms with Crippen LogP contribution < -0.4 is 10.6 Å². The fraction of sp³-hybridized carbons (Fsp3) is 0.900. The number of aliphatic hydroxyl groups is 1. The van der Waals surface area contributed by atoms with Crippen molar-refractivity contribution in [2.45, 2.75) is 38.6 Å². The third kappa shape index (κ3) is 3.96. The molecule has 1 aliphatic rings. The smallest absolute Gasteiger partial charge is 0.315 e. The Morgan fingerprint density at radius 1 is 1.57 bits per heavy atom. The van der Waals surface area contributed by atoms with E-state index in [1.54, 1.807) is 0 Å². The zero-order valence-electron chi connectivity index (χ0n) is 8.75. The fourth-order valence-corrected chi connectivity index (χ4v) is 1.61. The molecule has 0 aromatic rings. The molecule has 4 heteroatoms. The minimum Gasteiger partial charge on any atom is -0.396 e. The molecule has 2 atom stereocenters.